The predicted octanol–water partition coefficient (Wildman–Crippen LogP) is 1.81. The van der Waals surface area contributed by atoms with Crippen LogP contribution in [0.25, 0.3) is 0 Å². The highest BCUT2D eigenvalue weighted by atomic mass is 35.5. The molecule has 0 fully saturated rings. The van der Waals surface area contributed by atoms with E-state index in [-0.39, 0.29) is 22.4 Å². The minimum Gasteiger partial charge on any atom is -0.478 e. The van der Waals surface area contributed by atoms with Crippen molar-refractivity contribution in [1.29, 1.82) is 0 Å². The number of nitrogens with one attached hydrogen (secondary N) is 1. The molecule has 7 heteroatoms. The van der Waals surface area contributed by atoms with Gasteiger partial charge in [-0.05, 0) is 0 Å². The van der Waals surface area contributed by atoms with E-state index in [1.165, 1.54) is 6.07 Å². The van der Waals surface area contributed by atoms with Gasteiger partial charge < -0.3 is 10.4 Å². The van der Waals surface area contributed by atoms with E-state index < -0.39 is 11.4 Å². The second kappa shape index (κ2) is 4.67. The predicted molar refractivity (Wildman–Crippen MR) is 62.1 cm³/mol. The summed E-state index contributed by atoms with van der Waals surface area (Å²) in [5, 5.41) is 18.1. The zero-order valence-corrected chi connectivity index (χ0v) is 10.4. The van der Waals surface area contributed by atoms with Gasteiger partial charge in [-0.2, -0.15) is 0 Å². The van der Waals surface area contributed by atoms with Crippen molar-refractivity contribution < 1.29 is 14.7 Å². The summed E-state index contributed by atoms with van der Waals surface area (Å²) in [5.74, 6) is -1.45. The first-order valence-electron chi connectivity index (χ1n) is 4.80. The summed E-state index contributed by atoms with van der Waals surface area (Å²) in [4.78, 5) is 22.4. The number of aromatic carboxylic acids is 1. The van der Waals surface area contributed by atoms with Crippen LogP contribution in [0.3, 0.4) is 0 Å². The summed E-state index contributed by atoms with van der Waals surface area (Å²) < 4.78 is 0. The largest absolute Gasteiger partial charge is 0.478 e. The number of carbonyl (C=O) groups excluding carboxylic acids is 1. The molecule has 0 aromatic carbocycles. The summed E-state index contributed by atoms with van der Waals surface area (Å²) in [7, 11) is 0. The Balaban J connectivity index is 2.98. The second-order valence-corrected chi connectivity index (χ2v) is 4.80. The third-order valence-electron chi connectivity index (χ3n) is 1.90. The minimum atomic E-state index is -1.23. The number of halogens is 1. The molecule has 1 heterocycles. The number of hydrogen-bond acceptors (Lipinski definition) is 4. The van der Waals surface area contributed by atoms with E-state index in [2.05, 4.69) is 15.5 Å². The van der Waals surface area contributed by atoms with E-state index in [0.717, 1.165) is 0 Å². The van der Waals surface area contributed by atoms with Gasteiger partial charge in [-0.15, -0.1) is 10.2 Å². The molecule has 1 amide bonds. The first-order chi connectivity index (χ1) is 7.71. The Bertz CT molecular complexity index is 468. The third-order valence-corrected chi connectivity index (χ3v) is 2.18. The van der Waals surface area contributed by atoms with Crippen molar-refractivity contribution in [3.05, 3.63) is 16.8 Å². The molecule has 0 unspecified atom stereocenters. The molecule has 1 aromatic heterocycles. The first kappa shape index (κ1) is 13.4. The smallest absolute Gasteiger partial charge is 0.339 e. The fourth-order valence-electron chi connectivity index (χ4n) is 0.892. The van der Waals surface area contributed by atoms with Gasteiger partial charge in [0.2, 0.25) is 5.91 Å². The zero-order valence-electron chi connectivity index (χ0n) is 9.61. The highest BCUT2D eigenvalue weighted by molar-refractivity contribution is 6.32. The zero-order chi connectivity index (χ0) is 13.2. The van der Waals surface area contributed by atoms with Crippen LogP contribution in [0.5, 0.6) is 0 Å². The topological polar surface area (TPSA) is 92.2 Å². The lowest BCUT2D eigenvalue weighted by molar-refractivity contribution is -0.123. The third kappa shape index (κ3) is 3.39. The molecule has 0 saturated heterocycles. The van der Waals surface area contributed by atoms with Crippen molar-refractivity contribution in [2.75, 3.05) is 5.32 Å². The van der Waals surface area contributed by atoms with Gasteiger partial charge in [0, 0.05) is 11.5 Å². The van der Waals surface area contributed by atoms with Crippen LogP contribution in [0.15, 0.2) is 6.07 Å². The van der Waals surface area contributed by atoms with Crippen molar-refractivity contribution in [1.82, 2.24) is 10.2 Å². The number of carbonyl (C=O) groups is 2. The van der Waals surface area contributed by atoms with Crippen LogP contribution in [0.2, 0.25) is 5.15 Å². The Kier molecular flexibility index (Phi) is 3.67. The van der Waals surface area contributed by atoms with Crippen LogP contribution >= 0.6 is 11.6 Å². The monoisotopic (exact) mass is 257 g/mol. The van der Waals surface area contributed by atoms with Gasteiger partial charge in [0.25, 0.3) is 0 Å². The van der Waals surface area contributed by atoms with Gasteiger partial charge in [0.1, 0.15) is 5.56 Å². The van der Waals surface area contributed by atoms with Gasteiger partial charge in [0.05, 0.1) is 0 Å². The van der Waals surface area contributed by atoms with Gasteiger partial charge >= 0.3 is 5.97 Å². The number of carboxylic acid groups (broad SMARTS) is 1. The van der Waals surface area contributed by atoms with Crippen molar-refractivity contribution in [3.8, 4) is 0 Å². The Morgan fingerprint density at radius 3 is 2.41 bits per heavy atom. The van der Waals surface area contributed by atoms with Gasteiger partial charge in [-0.3, -0.25) is 4.79 Å². The standard InChI is InChI=1S/C10H12ClN3O3/c1-10(2,3)9(17)12-6-4-5(8(15)16)7(11)14-13-6/h4H,1-3H3,(H,15,16)(H,12,13,17). The van der Waals surface area contributed by atoms with Crippen molar-refractivity contribution >= 4 is 29.3 Å². The number of rotatable bonds is 2. The van der Waals surface area contributed by atoms with Crippen LogP contribution in [-0.4, -0.2) is 27.2 Å². The molecule has 0 radical (unpaired) electrons. The molecule has 17 heavy (non-hydrogen) atoms. The average molecular weight is 258 g/mol. The molecule has 1 aromatic rings. The molecule has 0 spiro atoms. The van der Waals surface area contributed by atoms with E-state index in [4.69, 9.17) is 16.7 Å². The minimum absolute atomic E-state index is 0.0618. The first-order valence-corrected chi connectivity index (χ1v) is 5.17. The summed E-state index contributed by atoms with van der Waals surface area (Å²) in [5.41, 5.74) is -0.809. The van der Waals surface area contributed by atoms with Gasteiger partial charge in [-0.1, -0.05) is 32.4 Å². The normalized spacial score (nSPS) is 11.1. The Hall–Kier alpha value is -1.69. The summed E-state index contributed by atoms with van der Waals surface area (Å²) in [6, 6.07) is 1.17. The lowest BCUT2D eigenvalue weighted by atomic mass is 9.96. The number of carboxylic acids is 1. The lowest BCUT2D eigenvalue weighted by Gasteiger charge is -2.16. The van der Waals surface area contributed by atoms with Crippen LogP contribution in [0.4, 0.5) is 5.82 Å². The quantitative estimate of drug-likeness (QED) is 0.843. The Labute approximate surface area is 103 Å². The molecule has 0 atom stereocenters. The number of anilines is 1. The molecular weight excluding hydrogens is 246 g/mol. The summed E-state index contributed by atoms with van der Waals surface area (Å²) in [6.45, 7) is 5.18. The fourth-order valence-corrected chi connectivity index (χ4v) is 1.06. The van der Waals surface area contributed by atoms with E-state index in [0.29, 0.717) is 0 Å². The molecule has 0 saturated carbocycles. The number of nitrogens with zero attached hydrogens (tertiary/aromatic N) is 2. The molecule has 0 aliphatic carbocycles. The molecule has 92 valence electrons. The molecule has 0 aliphatic heterocycles. The fraction of sp³-hybridized carbons (Fsp3) is 0.400. The maximum absolute atomic E-state index is 11.6. The highest BCUT2D eigenvalue weighted by Gasteiger charge is 2.22. The average Bonchev–Trinajstić information content (AvgIpc) is 2.19. The number of aromatic nitrogens is 2. The van der Waals surface area contributed by atoms with Crippen LogP contribution in [-0.2, 0) is 4.79 Å². The molecule has 0 bridgehead atoms. The van der Waals surface area contributed by atoms with E-state index in [1.807, 2.05) is 0 Å². The number of amides is 1. The summed E-state index contributed by atoms with van der Waals surface area (Å²) in [6.07, 6.45) is 0. The van der Waals surface area contributed by atoms with E-state index in [9.17, 15) is 9.59 Å². The molecule has 6 nitrogen and oxygen atoms in total. The maximum Gasteiger partial charge on any atom is 0.339 e. The van der Waals surface area contributed by atoms with Crippen molar-refractivity contribution in [2.24, 2.45) is 5.41 Å². The molecule has 1 rings (SSSR count). The van der Waals surface area contributed by atoms with Crippen molar-refractivity contribution in [2.45, 2.75) is 20.8 Å². The lowest BCUT2D eigenvalue weighted by Crippen LogP contribution is -2.28. The summed E-state index contributed by atoms with van der Waals surface area (Å²) >= 11 is 5.55. The number of hydrogen-bond donors (Lipinski definition) is 2. The Morgan fingerprint density at radius 2 is 1.94 bits per heavy atom. The molecule has 0 aliphatic rings. The van der Waals surface area contributed by atoms with Crippen molar-refractivity contribution in [3.63, 3.8) is 0 Å². The van der Waals surface area contributed by atoms with Crippen LogP contribution < -0.4 is 5.32 Å². The van der Waals surface area contributed by atoms with E-state index in [1.54, 1.807) is 20.8 Å². The van der Waals surface area contributed by atoms with Crippen LogP contribution in [0, 0.1) is 5.41 Å². The maximum atomic E-state index is 11.6. The molecule has 2 N–H and O–H groups in total. The van der Waals surface area contributed by atoms with Crippen LogP contribution in [0.1, 0.15) is 31.1 Å². The second-order valence-electron chi connectivity index (χ2n) is 4.44. The van der Waals surface area contributed by atoms with E-state index >= 15 is 0 Å². The highest BCUT2D eigenvalue weighted by Crippen LogP contribution is 2.18. The Morgan fingerprint density at radius 1 is 1.35 bits per heavy atom. The SMILES string of the molecule is CC(C)(C)C(=O)Nc1cc(C(=O)O)c(Cl)nn1. The molecular formula is C10H12ClN3O3. The van der Waals surface area contributed by atoms with Gasteiger partial charge in [0.15, 0.2) is 11.0 Å². The van der Waals surface area contributed by atoms with Gasteiger partial charge in [-0.25, -0.2) is 4.79 Å².